The van der Waals surface area contributed by atoms with Crippen LogP contribution in [-0.2, 0) is 21.7 Å². The third-order valence-electron chi connectivity index (χ3n) is 16.6. The van der Waals surface area contributed by atoms with Gasteiger partial charge in [0.1, 0.15) is 0 Å². The Morgan fingerprint density at radius 1 is 0.302 bits per heavy atom. The van der Waals surface area contributed by atoms with Crippen molar-refractivity contribution >= 4 is 110 Å². The van der Waals surface area contributed by atoms with E-state index in [-0.39, 0.29) is 22.5 Å². The fourth-order valence-electron chi connectivity index (χ4n) is 12.3. The normalized spacial score (nSPS) is 17.1. The Balaban J connectivity index is 1.13. The first-order valence-electron chi connectivity index (χ1n) is 41.6. The number of anilines is 6. The van der Waals surface area contributed by atoms with E-state index >= 15 is 0 Å². The second kappa shape index (κ2) is 19.1. The number of rotatable bonds is 8. The molecule has 0 fully saturated rings. The first kappa shape index (κ1) is 32.2. The number of nitrogens with zero attached hydrogens (tertiary/aromatic N) is 4. The Morgan fingerprint density at radius 2 is 0.651 bits per heavy atom. The van der Waals surface area contributed by atoms with Crippen LogP contribution in [0.25, 0.3) is 98.4 Å². The Kier molecular flexibility index (Phi) is 7.14. The third-order valence-corrected chi connectivity index (χ3v) is 16.6. The van der Waals surface area contributed by atoms with Gasteiger partial charge >= 0.3 is 0 Å². The van der Waals surface area contributed by atoms with Crippen LogP contribution < -0.4 is 9.80 Å². The SMILES string of the molecule is [2H]c1c([2H])c([2H])c(-c2c([2H])c(C(C)(C)C)c([2H])c([2H])c2N(c2c([2H])c([2H])c([2H])c([2H])c2[2H])c2ccc3c4cc5c(cc4n4c6ccc(C(C)(C)C)cc6c2c34)c2ccc(N(c3c([2H])c([2H])c([2H])c([2H])c3[2H])c3c([2H])c([2H])c(C(C)(C)C)c([2H])c3-c3c([2H])c([2H])c([2H])c([2H])c3[2H])c3c4cc(C(C)(C)C)ccc4n5c23)c([2H])c1[2H]. The van der Waals surface area contributed by atoms with Gasteiger partial charge in [0.25, 0.3) is 0 Å². The molecule has 0 spiro atoms. The van der Waals surface area contributed by atoms with Gasteiger partial charge in [-0.05, 0) is 152 Å². The molecule has 15 rings (SSSR count). The summed E-state index contributed by atoms with van der Waals surface area (Å²) in [5, 5.41) is 4.33. The van der Waals surface area contributed by atoms with Crippen molar-refractivity contribution in [3.63, 3.8) is 0 Å². The average molecular weight is 1140 g/mol. The molecule has 0 aliphatic carbocycles. The van der Waals surface area contributed by atoms with Crippen molar-refractivity contribution in [1.29, 1.82) is 0 Å². The van der Waals surface area contributed by atoms with Gasteiger partial charge in [-0.3, -0.25) is 0 Å². The van der Waals surface area contributed by atoms with Crippen LogP contribution in [0, 0.1) is 0 Å². The van der Waals surface area contributed by atoms with Crippen molar-refractivity contribution in [2.24, 2.45) is 0 Å². The summed E-state index contributed by atoms with van der Waals surface area (Å²) in [7, 11) is 0. The predicted molar refractivity (Wildman–Crippen MR) is 371 cm³/mol. The van der Waals surface area contributed by atoms with Gasteiger partial charge < -0.3 is 18.6 Å². The van der Waals surface area contributed by atoms with Crippen LogP contribution in [0.1, 0.15) is 141 Å². The number of para-hydroxylation sites is 2. The Morgan fingerprint density at radius 3 is 1.00 bits per heavy atom. The molecule has 0 unspecified atom stereocenters. The third kappa shape index (κ3) is 8.31. The minimum absolute atomic E-state index is 0.0383. The van der Waals surface area contributed by atoms with Gasteiger partial charge in [0.05, 0.1) is 91.5 Å². The molecular weight excluding hydrogens is 1040 g/mol. The highest BCUT2D eigenvalue weighted by molar-refractivity contribution is 6.32. The summed E-state index contributed by atoms with van der Waals surface area (Å²) in [6.45, 7) is 22.3. The minimum Gasteiger partial charge on any atom is -0.309 e. The van der Waals surface area contributed by atoms with Gasteiger partial charge in [0.2, 0.25) is 0 Å². The molecule has 0 N–H and O–H groups in total. The maximum atomic E-state index is 10.3. The van der Waals surface area contributed by atoms with E-state index in [2.05, 4.69) is 0 Å². The van der Waals surface area contributed by atoms with E-state index < -0.39 is 224 Å². The highest BCUT2D eigenvalue weighted by Gasteiger charge is 2.32. The van der Waals surface area contributed by atoms with Gasteiger partial charge in [-0.25, -0.2) is 0 Å². The van der Waals surface area contributed by atoms with E-state index in [4.69, 9.17) is 11.0 Å². The quantitative estimate of drug-likeness (QED) is 0.151. The molecule has 0 amide bonds. The molecular formula is C82H74N4. The largest absolute Gasteiger partial charge is 0.309 e. The molecule has 0 saturated heterocycles. The molecule has 0 saturated carbocycles. The zero-order valence-corrected chi connectivity index (χ0v) is 49.7. The van der Waals surface area contributed by atoms with Crippen LogP contribution in [0.4, 0.5) is 34.1 Å². The van der Waals surface area contributed by atoms with E-state index in [1.807, 2.05) is 98.9 Å². The highest BCUT2D eigenvalue weighted by atomic mass is 15.2. The predicted octanol–water partition coefficient (Wildman–Crippen LogP) is 23.5. The van der Waals surface area contributed by atoms with Gasteiger partial charge in [0.15, 0.2) is 0 Å². The lowest BCUT2D eigenvalue weighted by molar-refractivity contribution is 0.590. The number of benzene rings is 11. The second-order valence-corrected chi connectivity index (χ2v) is 26.3. The number of hydrogen-bond donors (Lipinski definition) is 0. The molecule has 86 heavy (non-hydrogen) atoms. The average Bonchev–Trinajstić information content (AvgIpc) is 1.57. The summed E-state index contributed by atoms with van der Waals surface area (Å²) < 4.78 is 250. The van der Waals surface area contributed by atoms with Gasteiger partial charge in [-0.2, -0.15) is 0 Å². The molecule has 422 valence electrons. The van der Waals surface area contributed by atoms with Gasteiger partial charge in [0, 0.05) is 65.6 Å². The fraction of sp³-hybridized carbons (Fsp3) is 0.195. The maximum Gasteiger partial charge on any atom is 0.0645 e. The molecule has 4 nitrogen and oxygen atoms in total. The monoisotopic (exact) mass is 1140 g/mol. The lowest BCUT2D eigenvalue weighted by Gasteiger charge is -2.30. The van der Waals surface area contributed by atoms with Crippen molar-refractivity contribution in [2.45, 2.75) is 105 Å². The fourth-order valence-corrected chi connectivity index (χ4v) is 12.3. The first-order chi connectivity index (χ1) is 52.0. The standard InChI is InChI=1S/C82H74N4/c1-79(2,3)53-33-39-67(61(45-53)51-25-17-13-18-26-51)83(57-29-21-15-22-30-57)71-43-37-59-63-49-74-64(50-73(63)85-69-41-35-55(81(7,8)9)47-65(69)75(71)77(59)85)60-38-44-72(76-66-48-56(82(10,11)12)36-42-70(66)86(74)78(60)76)84(58-31-23-16-24-32-58)68-40-34-54(80(4,5)6)46-62(68)52-27-19-14-20-28-52/h13-50H,1-12H3/i13D,14D,15D,16D,17D,18D,19D,20D,21D,22D,23D,24D,25D,26D,27D,28D,29D,30D,31D,32D,33D,34D,39D,40D,45D,46D. The smallest absolute Gasteiger partial charge is 0.0645 e. The molecule has 0 aliphatic rings. The number of aromatic nitrogens is 2. The van der Waals surface area contributed by atoms with Gasteiger partial charge in [-0.1, -0.05) is 216 Å². The van der Waals surface area contributed by atoms with Crippen LogP contribution in [0.2, 0.25) is 0 Å². The Hall–Kier alpha value is -9.38. The van der Waals surface area contributed by atoms with E-state index in [1.54, 1.807) is 65.8 Å². The van der Waals surface area contributed by atoms with Crippen molar-refractivity contribution in [3.05, 3.63) is 252 Å². The molecule has 4 aromatic heterocycles. The van der Waals surface area contributed by atoms with E-state index in [0.717, 1.165) is 11.1 Å². The molecule has 15 aromatic rings. The summed E-state index contributed by atoms with van der Waals surface area (Å²) in [4.78, 5) is 2.44. The van der Waals surface area contributed by atoms with Gasteiger partial charge in [-0.15, -0.1) is 0 Å². The van der Waals surface area contributed by atoms with Crippen molar-refractivity contribution in [1.82, 2.24) is 8.80 Å². The number of fused-ring (bicyclic) bond motifs is 12. The minimum atomic E-state index is -1.11. The molecule has 0 bridgehead atoms. The zero-order valence-electron chi connectivity index (χ0n) is 75.7. The Labute approximate surface area is 542 Å². The van der Waals surface area contributed by atoms with E-state index in [9.17, 15) is 24.7 Å². The lowest BCUT2D eigenvalue weighted by Crippen LogP contribution is -2.15. The topological polar surface area (TPSA) is 15.3 Å². The van der Waals surface area contributed by atoms with E-state index in [1.165, 1.54) is 9.80 Å². The van der Waals surface area contributed by atoms with E-state index in [0.29, 0.717) is 76.2 Å². The van der Waals surface area contributed by atoms with Crippen LogP contribution >= 0.6 is 0 Å². The molecule has 0 radical (unpaired) electrons. The van der Waals surface area contributed by atoms with Crippen LogP contribution in [0.3, 0.4) is 0 Å². The van der Waals surface area contributed by atoms with Crippen molar-refractivity contribution < 1.29 is 35.6 Å². The maximum absolute atomic E-state index is 10.3. The summed E-state index contributed by atoms with van der Waals surface area (Å²) in [5.41, 5.74) is -2.16. The summed E-state index contributed by atoms with van der Waals surface area (Å²) in [6.07, 6.45) is 0. The Bertz CT molecular complexity index is 6240. The van der Waals surface area contributed by atoms with Crippen LogP contribution in [-0.4, -0.2) is 8.80 Å². The molecule has 11 aromatic carbocycles. The van der Waals surface area contributed by atoms with Crippen LogP contribution in [0.15, 0.2) is 230 Å². The van der Waals surface area contributed by atoms with Crippen molar-refractivity contribution in [2.75, 3.05) is 9.80 Å². The summed E-state index contributed by atoms with van der Waals surface area (Å²) in [6, 6.07) is 3.85. The van der Waals surface area contributed by atoms with Crippen LogP contribution in [0.5, 0.6) is 0 Å². The lowest BCUT2D eigenvalue weighted by atomic mass is 9.84. The zero-order chi connectivity index (χ0) is 82.0. The summed E-state index contributed by atoms with van der Waals surface area (Å²) >= 11 is 0. The number of hydrogen-bond acceptors (Lipinski definition) is 2. The molecule has 0 atom stereocenters. The molecule has 4 heteroatoms. The molecule has 0 aliphatic heterocycles. The summed E-state index contributed by atoms with van der Waals surface area (Å²) in [5.74, 6) is 0. The molecule has 4 heterocycles. The first-order valence-corrected chi connectivity index (χ1v) is 28.6. The van der Waals surface area contributed by atoms with Crippen molar-refractivity contribution in [3.8, 4) is 22.3 Å². The highest BCUT2D eigenvalue weighted by Crippen LogP contribution is 2.54. The second-order valence-electron chi connectivity index (χ2n) is 26.3.